The molecule has 1 heterocycles. The Balaban J connectivity index is 1.82. The smallest absolute Gasteiger partial charge is 0.376 e. The molecule has 1 aromatic heterocycles. The average molecular weight is 344 g/mol. The number of rotatable bonds is 9. The lowest BCUT2D eigenvalue weighted by Gasteiger charge is -2.05. The van der Waals surface area contributed by atoms with Crippen LogP contribution in [-0.2, 0) is 11.2 Å². The molecule has 0 N–H and O–H groups in total. The first-order chi connectivity index (χ1) is 12.1. The van der Waals surface area contributed by atoms with Crippen LogP contribution >= 0.6 is 0 Å². The molecule has 0 atom stereocenters. The van der Waals surface area contributed by atoms with Gasteiger partial charge < -0.3 is 4.74 Å². The number of halogens is 1. The maximum Gasteiger partial charge on any atom is 0.376 e. The van der Waals surface area contributed by atoms with Crippen LogP contribution in [0.5, 0.6) is 0 Å². The molecule has 0 fully saturated rings. The molecule has 2 rings (SSSR count). The SMILES string of the molecule is CCCCCCc1ccc(C(=O)COC(=O)c2ncc(F)cn2)cc1. The van der Waals surface area contributed by atoms with Gasteiger partial charge in [0.25, 0.3) is 0 Å². The van der Waals surface area contributed by atoms with Gasteiger partial charge in [0, 0.05) is 5.56 Å². The second kappa shape index (κ2) is 9.61. The Hall–Kier alpha value is -2.63. The van der Waals surface area contributed by atoms with E-state index in [2.05, 4.69) is 16.9 Å². The van der Waals surface area contributed by atoms with Gasteiger partial charge in [-0.15, -0.1) is 0 Å². The molecule has 6 heteroatoms. The maximum absolute atomic E-state index is 12.7. The van der Waals surface area contributed by atoms with E-state index in [0.717, 1.165) is 25.2 Å². The molecular weight excluding hydrogens is 323 g/mol. The van der Waals surface area contributed by atoms with E-state index in [1.165, 1.54) is 24.8 Å². The molecule has 0 amide bonds. The van der Waals surface area contributed by atoms with E-state index >= 15 is 0 Å². The van der Waals surface area contributed by atoms with Gasteiger partial charge in [0.1, 0.15) is 0 Å². The lowest BCUT2D eigenvalue weighted by Crippen LogP contribution is -2.16. The minimum Gasteiger partial charge on any atom is -0.451 e. The van der Waals surface area contributed by atoms with Crippen LogP contribution in [0.15, 0.2) is 36.7 Å². The summed E-state index contributed by atoms with van der Waals surface area (Å²) < 4.78 is 17.6. The van der Waals surface area contributed by atoms with Crippen LogP contribution in [0.1, 0.15) is 59.1 Å². The molecule has 2 aromatic rings. The third-order valence-electron chi connectivity index (χ3n) is 3.73. The quantitative estimate of drug-likeness (QED) is 0.393. The number of carbonyl (C=O) groups excluding carboxylic acids is 2. The highest BCUT2D eigenvalue weighted by molar-refractivity contribution is 5.98. The number of Topliss-reactive ketones (excluding diaryl/α,β-unsaturated/α-hetero) is 1. The number of esters is 1. The number of unbranched alkanes of at least 4 members (excludes halogenated alkanes) is 3. The number of benzene rings is 1. The van der Waals surface area contributed by atoms with E-state index in [9.17, 15) is 14.0 Å². The van der Waals surface area contributed by atoms with E-state index in [1.54, 1.807) is 12.1 Å². The molecule has 132 valence electrons. The van der Waals surface area contributed by atoms with Crippen molar-refractivity contribution >= 4 is 11.8 Å². The first-order valence-electron chi connectivity index (χ1n) is 8.37. The highest BCUT2D eigenvalue weighted by Gasteiger charge is 2.14. The summed E-state index contributed by atoms with van der Waals surface area (Å²) in [6.07, 6.45) is 7.50. The fraction of sp³-hybridized carbons (Fsp3) is 0.368. The first-order valence-corrected chi connectivity index (χ1v) is 8.37. The molecule has 0 spiro atoms. The number of carbonyl (C=O) groups is 2. The Morgan fingerprint density at radius 3 is 2.36 bits per heavy atom. The largest absolute Gasteiger partial charge is 0.451 e. The molecule has 0 radical (unpaired) electrons. The number of aryl methyl sites for hydroxylation is 1. The maximum atomic E-state index is 12.7. The highest BCUT2D eigenvalue weighted by atomic mass is 19.1. The molecule has 0 saturated heterocycles. The average Bonchev–Trinajstić information content (AvgIpc) is 2.64. The molecule has 0 unspecified atom stereocenters. The van der Waals surface area contributed by atoms with Crippen LogP contribution in [0.25, 0.3) is 0 Å². The number of ether oxygens (including phenoxy) is 1. The summed E-state index contributed by atoms with van der Waals surface area (Å²) in [5.41, 5.74) is 1.66. The van der Waals surface area contributed by atoms with Crippen LogP contribution < -0.4 is 0 Å². The highest BCUT2D eigenvalue weighted by Crippen LogP contribution is 2.10. The van der Waals surface area contributed by atoms with E-state index < -0.39 is 18.4 Å². The Kier molecular flexibility index (Phi) is 7.19. The zero-order chi connectivity index (χ0) is 18.1. The molecule has 0 aliphatic rings. The first kappa shape index (κ1) is 18.7. The number of hydrogen-bond acceptors (Lipinski definition) is 5. The number of nitrogens with zero attached hydrogens (tertiary/aromatic N) is 2. The summed E-state index contributed by atoms with van der Waals surface area (Å²) in [6, 6.07) is 7.31. The minimum atomic E-state index is -0.860. The van der Waals surface area contributed by atoms with Gasteiger partial charge in [-0.2, -0.15) is 0 Å². The lowest BCUT2D eigenvalue weighted by molar-refractivity contribution is 0.0462. The van der Waals surface area contributed by atoms with E-state index in [4.69, 9.17) is 4.74 Å². The van der Waals surface area contributed by atoms with Crippen molar-refractivity contribution in [1.29, 1.82) is 0 Å². The Morgan fingerprint density at radius 1 is 1.04 bits per heavy atom. The predicted molar refractivity (Wildman–Crippen MR) is 90.9 cm³/mol. The summed E-state index contributed by atoms with van der Waals surface area (Å²) in [5, 5.41) is 0. The van der Waals surface area contributed by atoms with Crippen molar-refractivity contribution in [2.45, 2.75) is 39.0 Å². The van der Waals surface area contributed by atoms with Crippen LogP contribution in [0.3, 0.4) is 0 Å². The summed E-state index contributed by atoms with van der Waals surface area (Å²) >= 11 is 0. The van der Waals surface area contributed by atoms with Gasteiger partial charge in [-0.1, -0.05) is 50.5 Å². The van der Waals surface area contributed by atoms with Gasteiger partial charge in [0.2, 0.25) is 5.82 Å². The third-order valence-corrected chi connectivity index (χ3v) is 3.73. The monoisotopic (exact) mass is 344 g/mol. The standard InChI is InChI=1S/C19H21FN2O3/c1-2-3-4-5-6-14-7-9-15(10-8-14)17(23)13-25-19(24)18-21-11-16(20)12-22-18/h7-12H,2-6,13H2,1H3. The van der Waals surface area contributed by atoms with Crippen LogP contribution in [0.4, 0.5) is 4.39 Å². The van der Waals surface area contributed by atoms with Crippen LogP contribution in [0, 0.1) is 5.82 Å². The molecule has 5 nitrogen and oxygen atoms in total. The number of hydrogen-bond donors (Lipinski definition) is 0. The number of aromatic nitrogens is 2. The van der Waals surface area contributed by atoms with Crippen molar-refractivity contribution in [3.8, 4) is 0 Å². The molecule has 0 saturated carbocycles. The predicted octanol–water partition coefficient (Wildman–Crippen LogP) is 3.78. The van der Waals surface area contributed by atoms with Crippen LogP contribution in [-0.4, -0.2) is 28.3 Å². The van der Waals surface area contributed by atoms with Crippen molar-refractivity contribution in [3.05, 3.63) is 59.4 Å². The zero-order valence-corrected chi connectivity index (χ0v) is 14.2. The minimum absolute atomic E-state index is 0.281. The summed E-state index contributed by atoms with van der Waals surface area (Å²) in [7, 11) is 0. The van der Waals surface area contributed by atoms with E-state index in [-0.39, 0.29) is 11.6 Å². The van der Waals surface area contributed by atoms with Gasteiger partial charge >= 0.3 is 5.97 Å². The molecular formula is C19H21FN2O3. The Labute approximate surface area is 146 Å². The second-order valence-electron chi connectivity index (χ2n) is 5.73. The molecule has 1 aromatic carbocycles. The van der Waals surface area contributed by atoms with E-state index in [0.29, 0.717) is 5.56 Å². The lowest BCUT2D eigenvalue weighted by atomic mass is 10.0. The summed E-state index contributed by atoms with van der Waals surface area (Å²) in [6.45, 7) is 1.77. The molecule has 0 bridgehead atoms. The van der Waals surface area contributed by atoms with Gasteiger partial charge in [-0.25, -0.2) is 19.2 Å². The fourth-order valence-corrected chi connectivity index (χ4v) is 2.31. The normalized spacial score (nSPS) is 10.5. The summed E-state index contributed by atoms with van der Waals surface area (Å²) in [4.78, 5) is 30.8. The van der Waals surface area contributed by atoms with E-state index in [1.807, 2.05) is 12.1 Å². The van der Waals surface area contributed by atoms with Gasteiger partial charge in [-0.05, 0) is 18.4 Å². The van der Waals surface area contributed by atoms with Crippen molar-refractivity contribution < 1.29 is 18.7 Å². The van der Waals surface area contributed by atoms with Gasteiger partial charge in [-0.3, -0.25) is 4.79 Å². The molecule has 25 heavy (non-hydrogen) atoms. The Bertz CT molecular complexity index is 700. The zero-order valence-electron chi connectivity index (χ0n) is 14.2. The second-order valence-corrected chi connectivity index (χ2v) is 5.73. The Morgan fingerprint density at radius 2 is 1.72 bits per heavy atom. The van der Waals surface area contributed by atoms with Crippen molar-refractivity contribution in [2.75, 3.05) is 6.61 Å². The topological polar surface area (TPSA) is 69.2 Å². The van der Waals surface area contributed by atoms with Crippen LogP contribution in [0.2, 0.25) is 0 Å². The van der Waals surface area contributed by atoms with Crippen molar-refractivity contribution in [3.63, 3.8) is 0 Å². The number of ketones is 1. The van der Waals surface area contributed by atoms with Gasteiger partial charge in [0.15, 0.2) is 18.2 Å². The molecule has 0 aliphatic carbocycles. The fourth-order valence-electron chi connectivity index (χ4n) is 2.31. The van der Waals surface area contributed by atoms with Gasteiger partial charge in [0.05, 0.1) is 12.4 Å². The van der Waals surface area contributed by atoms with Crippen molar-refractivity contribution in [2.24, 2.45) is 0 Å². The molecule has 0 aliphatic heterocycles. The summed E-state index contributed by atoms with van der Waals surface area (Å²) in [5.74, 6) is -2.10. The van der Waals surface area contributed by atoms with Crippen molar-refractivity contribution in [1.82, 2.24) is 9.97 Å². The third kappa shape index (κ3) is 6.06.